The molecule has 2 aromatic rings. The summed E-state index contributed by atoms with van der Waals surface area (Å²) in [6.45, 7) is 1.97. The van der Waals surface area contributed by atoms with Gasteiger partial charge in [0.2, 0.25) is 6.20 Å². The standard InChI is InChI=1S/C16H20N4O5/c1-11-18-9-16(20(22)23)19(11)10-15(21)17-7-6-12-4-5-13(24-2)14(8-12)25-3/h4-5,8-9H,6-7,10H2,1-3H3,(H,17,21)/p+1. The van der Waals surface area contributed by atoms with E-state index in [0.29, 0.717) is 30.3 Å². The van der Waals surface area contributed by atoms with Crippen molar-refractivity contribution in [2.24, 2.45) is 0 Å². The number of carbonyl (C=O) groups is 1. The minimum atomic E-state index is -0.527. The van der Waals surface area contributed by atoms with E-state index in [-0.39, 0.29) is 18.3 Å². The van der Waals surface area contributed by atoms with E-state index in [1.807, 2.05) is 12.1 Å². The molecule has 0 aliphatic carbocycles. The Morgan fingerprint density at radius 1 is 1.32 bits per heavy atom. The van der Waals surface area contributed by atoms with E-state index in [9.17, 15) is 14.9 Å². The number of carbonyl (C=O) groups excluding carboxylic acids is 1. The quantitative estimate of drug-likeness (QED) is 0.418. The zero-order chi connectivity index (χ0) is 18.4. The maximum absolute atomic E-state index is 12.0. The third-order valence-corrected chi connectivity index (χ3v) is 3.76. The van der Waals surface area contributed by atoms with E-state index < -0.39 is 4.92 Å². The van der Waals surface area contributed by atoms with Crippen LogP contribution in [0.25, 0.3) is 0 Å². The molecule has 0 unspecified atom stereocenters. The molecule has 0 fully saturated rings. The van der Waals surface area contributed by atoms with Gasteiger partial charge in [-0.25, -0.2) is 4.98 Å². The number of amides is 1. The number of rotatable bonds is 8. The monoisotopic (exact) mass is 349 g/mol. The van der Waals surface area contributed by atoms with Crippen molar-refractivity contribution in [3.05, 3.63) is 45.9 Å². The first-order valence-electron chi connectivity index (χ1n) is 7.66. The molecule has 0 saturated heterocycles. The molecule has 0 aliphatic heterocycles. The van der Waals surface area contributed by atoms with Gasteiger partial charge < -0.3 is 24.9 Å². The zero-order valence-electron chi connectivity index (χ0n) is 14.4. The molecule has 0 aliphatic rings. The van der Waals surface area contributed by atoms with Crippen molar-refractivity contribution in [3.63, 3.8) is 0 Å². The van der Waals surface area contributed by atoms with Crippen LogP contribution in [0, 0.1) is 17.0 Å². The van der Waals surface area contributed by atoms with Crippen LogP contribution in [0.5, 0.6) is 11.5 Å². The summed E-state index contributed by atoms with van der Waals surface area (Å²) in [6, 6.07) is 5.54. The van der Waals surface area contributed by atoms with Crippen LogP contribution in [0.2, 0.25) is 0 Å². The molecule has 1 heterocycles. The average Bonchev–Trinajstić information content (AvgIpc) is 2.95. The number of aromatic amines is 1. The fourth-order valence-electron chi connectivity index (χ4n) is 2.43. The maximum Gasteiger partial charge on any atom is 0.434 e. The lowest BCUT2D eigenvalue weighted by atomic mass is 10.1. The molecule has 0 atom stereocenters. The average molecular weight is 349 g/mol. The fourth-order valence-corrected chi connectivity index (χ4v) is 2.43. The maximum atomic E-state index is 12.0. The molecular formula is C16H21N4O5+. The Kier molecular flexibility index (Phi) is 5.93. The predicted molar refractivity (Wildman–Crippen MR) is 88.6 cm³/mol. The molecule has 2 N–H and O–H groups in total. The van der Waals surface area contributed by atoms with Crippen LogP contribution in [0.1, 0.15) is 11.4 Å². The zero-order valence-corrected chi connectivity index (χ0v) is 14.4. The third kappa shape index (κ3) is 4.46. The van der Waals surface area contributed by atoms with E-state index >= 15 is 0 Å². The van der Waals surface area contributed by atoms with Gasteiger partial charge in [-0.3, -0.25) is 4.79 Å². The molecule has 2 rings (SSSR count). The summed E-state index contributed by atoms with van der Waals surface area (Å²) < 4.78 is 11.7. The molecule has 1 aromatic heterocycles. The van der Waals surface area contributed by atoms with Crippen molar-refractivity contribution >= 4 is 11.7 Å². The summed E-state index contributed by atoms with van der Waals surface area (Å²) in [5.74, 6) is 1.37. The number of benzene rings is 1. The molecule has 0 spiro atoms. The summed E-state index contributed by atoms with van der Waals surface area (Å²) in [5.41, 5.74) is 0.981. The SMILES string of the molecule is COc1ccc(CCNC(=O)C[n+]2c([N+](=O)[O-])c[nH]c2C)cc1OC. The Morgan fingerprint density at radius 3 is 2.68 bits per heavy atom. The van der Waals surface area contributed by atoms with Crippen molar-refractivity contribution in [1.82, 2.24) is 10.3 Å². The molecular weight excluding hydrogens is 328 g/mol. The van der Waals surface area contributed by atoms with Crippen LogP contribution in [-0.2, 0) is 17.8 Å². The minimum absolute atomic E-state index is 0.114. The Bertz CT molecular complexity index is 772. The van der Waals surface area contributed by atoms with Gasteiger partial charge in [0.1, 0.15) is 0 Å². The third-order valence-electron chi connectivity index (χ3n) is 3.76. The Balaban J connectivity index is 1.91. The van der Waals surface area contributed by atoms with Crippen LogP contribution >= 0.6 is 0 Å². The van der Waals surface area contributed by atoms with E-state index in [0.717, 1.165) is 5.56 Å². The van der Waals surface area contributed by atoms with Gasteiger partial charge in [0.05, 0.1) is 21.1 Å². The first-order valence-corrected chi connectivity index (χ1v) is 7.66. The van der Waals surface area contributed by atoms with Crippen LogP contribution in [0.4, 0.5) is 5.82 Å². The van der Waals surface area contributed by atoms with E-state index in [4.69, 9.17) is 9.47 Å². The Labute approximate surface area is 144 Å². The number of nitrogens with one attached hydrogen (secondary N) is 2. The van der Waals surface area contributed by atoms with Crippen LogP contribution < -0.4 is 19.4 Å². The number of H-pyrrole nitrogens is 1. The van der Waals surface area contributed by atoms with Gasteiger partial charge in [-0.2, -0.15) is 0 Å². The smallest absolute Gasteiger partial charge is 0.434 e. The number of methoxy groups -OCH3 is 2. The number of ether oxygens (including phenoxy) is 2. The summed E-state index contributed by atoms with van der Waals surface area (Å²) in [6.07, 6.45) is 1.87. The predicted octanol–water partition coefficient (Wildman–Crippen LogP) is 0.895. The topological polar surface area (TPSA) is 110 Å². The van der Waals surface area contributed by atoms with Gasteiger partial charge in [0.25, 0.3) is 5.91 Å². The van der Waals surface area contributed by atoms with Gasteiger partial charge in [0, 0.05) is 11.5 Å². The molecule has 1 amide bonds. The summed E-state index contributed by atoms with van der Waals surface area (Å²) in [4.78, 5) is 25.2. The second-order valence-electron chi connectivity index (χ2n) is 5.36. The lowest BCUT2D eigenvalue weighted by Crippen LogP contribution is -2.45. The van der Waals surface area contributed by atoms with E-state index in [1.54, 1.807) is 27.2 Å². The fraction of sp³-hybridized carbons (Fsp3) is 0.375. The summed E-state index contributed by atoms with van der Waals surface area (Å²) in [5, 5.41) is 13.7. The summed E-state index contributed by atoms with van der Waals surface area (Å²) >= 11 is 0. The highest BCUT2D eigenvalue weighted by Crippen LogP contribution is 2.27. The van der Waals surface area contributed by atoms with Gasteiger partial charge in [-0.15, -0.1) is 4.57 Å². The van der Waals surface area contributed by atoms with E-state index in [2.05, 4.69) is 10.3 Å². The number of hydrogen-bond donors (Lipinski definition) is 2. The van der Waals surface area contributed by atoms with Gasteiger partial charge in [-0.05, 0) is 24.1 Å². The second-order valence-corrected chi connectivity index (χ2v) is 5.36. The van der Waals surface area contributed by atoms with Crippen molar-refractivity contribution in [3.8, 4) is 11.5 Å². The Hall–Kier alpha value is -3.10. The molecule has 0 radical (unpaired) electrons. The molecule has 9 heteroatoms. The molecule has 1 aromatic carbocycles. The molecule has 0 bridgehead atoms. The first kappa shape index (κ1) is 18.2. The van der Waals surface area contributed by atoms with Gasteiger partial charge in [0.15, 0.2) is 18.0 Å². The van der Waals surface area contributed by atoms with Crippen molar-refractivity contribution in [2.45, 2.75) is 19.9 Å². The lowest BCUT2D eigenvalue weighted by Gasteiger charge is -2.10. The van der Waals surface area contributed by atoms with Crippen molar-refractivity contribution < 1.29 is 23.8 Å². The second kappa shape index (κ2) is 8.13. The Morgan fingerprint density at radius 2 is 2.04 bits per heavy atom. The number of nitrogens with zero attached hydrogens (tertiary/aromatic N) is 2. The number of aromatic nitrogens is 2. The molecule has 9 nitrogen and oxygen atoms in total. The van der Waals surface area contributed by atoms with Crippen LogP contribution in [0.15, 0.2) is 24.4 Å². The van der Waals surface area contributed by atoms with Crippen LogP contribution in [-0.4, -0.2) is 36.6 Å². The first-order chi connectivity index (χ1) is 12.0. The number of imidazole rings is 1. The highest BCUT2D eigenvalue weighted by atomic mass is 16.6. The number of nitro groups is 1. The number of hydrogen-bond acceptors (Lipinski definition) is 5. The van der Waals surface area contributed by atoms with Crippen molar-refractivity contribution in [1.29, 1.82) is 0 Å². The molecule has 25 heavy (non-hydrogen) atoms. The summed E-state index contributed by atoms with van der Waals surface area (Å²) in [7, 11) is 3.13. The normalized spacial score (nSPS) is 10.4. The lowest BCUT2D eigenvalue weighted by molar-refractivity contribution is -0.728. The molecule has 0 saturated carbocycles. The number of aryl methyl sites for hydroxylation is 1. The largest absolute Gasteiger partial charge is 0.493 e. The van der Waals surface area contributed by atoms with Gasteiger partial charge in [-0.1, -0.05) is 6.07 Å². The van der Waals surface area contributed by atoms with Crippen molar-refractivity contribution in [2.75, 3.05) is 20.8 Å². The van der Waals surface area contributed by atoms with Gasteiger partial charge >= 0.3 is 11.6 Å². The van der Waals surface area contributed by atoms with Crippen LogP contribution in [0.3, 0.4) is 0 Å². The minimum Gasteiger partial charge on any atom is -0.493 e. The highest BCUT2D eigenvalue weighted by Gasteiger charge is 2.25. The molecule has 134 valence electrons. The van der Waals surface area contributed by atoms with E-state index in [1.165, 1.54) is 10.8 Å². The highest BCUT2D eigenvalue weighted by molar-refractivity contribution is 5.74.